The highest BCUT2D eigenvalue weighted by Gasteiger charge is 2.46. The molecule has 0 radical (unpaired) electrons. The summed E-state index contributed by atoms with van der Waals surface area (Å²) in [5, 5.41) is 1.14. The summed E-state index contributed by atoms with van der Waals surface area (Å²) in [5.74, 6) is 0. The van der Waals surface area contributed by atoms with E-state index in [9.17, 15) is 4.79 Å². The van der Waals surface area contributed by atoms with E-state index in [0.717, 1.165) is 41.3 Å². The van der Waals surface area contributed by atoms with Crippen LogP contribution in [0.1, 0.15) is 51.2 Å². The van der Waals surface area contributed by atoms with E-state index in [1.807, 2.05) is 44.0 Å². The van der Waals surface area contributed by atoms with E-state index in [1.54, 1.807) is 12.4 Å². The zero-order valence-corrected chi connectivity index (χ0v) is 16.7. The van der Waals surface area contributed by atoms with E-state index in [4.69, 9.17) is 4.74 Å². The molecule has 1 N–H and O–H groups in total. The number of rotatable bonds is 2. The molecule has 5 heteroatoms. The van der Waals surface area contributed by atoms with Crippen LogP contribution in [0.4, 0.5) is 4.79 Å². The van der Waals surface area contributed by atoms with Gasteiger partial charge in [0.25, 0.3) is 0 Å². The van der Waals surface area contributed by atoms with Gasteiger partial charge in [0.05, 0.1) is 5.54 Å². The first-order valence-electron chi connectivity index (χ1n) is 9.89. The Morgan fingerprint density at radius 1 is 1.11 bits per heavy atom. The minimum absolute atomic E-state index is 0.266. The SMILES string of the molecule is CC(C)(C)OC(=O)N1CCCCC1(c1ccncc1)c1ccc2[nH]ccc2c1. The van der Waals surface area contributed by atoms with Crippen LogP contribution < -0.4 is 0 Å². The summed E-state index contributed by atoms with van der Waals surface area (Å²) in [7, 11) is 0. The number of ether oxygens (including phenoxy) is 1. The highest BCUT2D eigenvalue weighted by Crippen LogP contribution is 2.44. The first kappa shape index (κ1) is 18.5. The molecule has 0 bridgehead atoms. The molecule has 3 heterocycles. The molecule has 1 aromatic carbocycles. The lowest BCUT2D eigenvalue weighted by Gasteiger charge is -2.48. The smallest absolute Gasteiger partial charge is 0.411 e. The van der Waals surface area contributed by atoms with E-state index in [0.29, 0.717) is 6.54 Å². The van der Waals surface area contributed by atoms with Crippen molar-refractivity contribution in [3.05, 3.63) is 66.1 Å². The predicted octanol–water partition coefficient (Wildman–Crippen LogP) is 5.23. The third-order valence-electron chi connectivity index (χ3n) is 5.43. The lowest BCUT2D eigenvalue weighted by molar-refractivity contribution is -0.00700. The van der Waals surface area contributed by atoms with Crippen LogP contribution in [-0.2, 0) is 10.3 Å². The zero-order chi connectivity index (χ0) is 19.8. The van der Waals surface area contributed by atoms with Crippen LogP contribution in [0.25, 0.3) is 10.9 Å². The van der Waals surface area contributed by atoms with Gasteiger partial charge >= 0.3 is 6.09 Å². The molecule has 0 spiro atoms. The van der Waals surface area contributed by atoms with E-state index >= 15 is 0 Å². The Labute approximate surface area is 165 Å². The molecule has 4 rings (SSSR count). The summed E-state index contributed by atoms with van der Waals surface area (Å²) in [6, 6.07) is 12.5. The van der Waals surface area contributed by atoms with Crippen molar-refractivity contribution in [2.75, 3.05) is 6.54 Å². The van der Waals surface area contributed by atoms with Crippen molar-refractivity contribution in [2.45, 2.75) is 51.2 Å². The summed E-state index contributed by atoms with van der Waals surface area (Å²) in [5.41, 5.74) is 2.17. The second kappa shape index (κ2) is 6.97. The molecule has 0 saturated carbocycles. The van der Waals surface area contributed by atoms with Gasteiger partial charge in [-0.15, -0.1) is 0 Å². The number of amides is 1. The number of aromatic amines is 1. The maximum absolute atomic E-state index is 13.3. The van der Waals surface area contributed by atoms with Crippen molar-refractivity contribution >= 4 is 17.0 Å². The number of carbonyl (C=O) groups excluding carboxylic acids is 1. The number of aromatic nitrogens is 2. The fourth-order valence-corrected chi connectivity index (χ4v) is 4.25. The predicted molar refractivity (Wildman–Crippen MR) is 110 cm³/mol. The summed E-state index contributed by atoms with van der Waals surface area (Å²) in [6.07, 6.45) is 8.15. The fourth-order valence-electron chi connectivity index (χ4n) is 4.25. The summed E-state index contributed by atoms with van der Waals surface area (Å²) in [4.78, 5) is 22.6. The van der Waals surface area contributed by atoms with Crippen molar-refractivity contribution in [1.29, 1.82) is 0 Å². The van der Waals surface area contributed by atoms with Crippen molar-refractivity contribution in [2.24, 2.45) is 0 Å². The van der Waals surface area contributed by atoms with Crippen LogP contribution in [0.5, 0.6) is 0 Å². The number of hydrogen-bond donors (Lipinski definition) is 1. The molecule has 3 aromatic rings. The van der Waals surface area contributed by atoms with Crippen LogP contribution in [0.3, 0.4) is 0 Å². The van der Waals surface area contributed by atoms with Crippen LogP contribution in [0, 0.1) is 0 Å². The minimum atomic E-state index is -0.561. The molecule has 5 nitrogen and oxygen atoms in total. The zero-order valence-electron chi connectivity index (χ0n) is 16.7. The van der Waals surface area contributed by atoms with E-state index in [-0.39, 0.29) is 6.09 Å². The molecule has 1 unspecified atom stereocenters. The van der Waals surface area contributed by atoms with Crippen molar-refractivity contribution in [3.63, 3.8) is 0 Å². The van der Waals surface area contributed by atoms with Crippen LogP contribution >= 0.6 is 0 Å². The molecule has 28 heavy (non-hydrogen) atoms. The molecular formula is C23H27N3O2. The number of H-pyrrole nitrogens is 1. The number of benzene rings is 1. The molecule has 1 amide bonds. The van der Waals surface area contributed by atoms with Gasteiger partial charge in [-0.25, -0.2) is 4.79 Å². The minimum Gasteiger partial charge on any atom is -0.444 e. The lowest BCUT2D eigenvalue weighted by atomic mass is 9.75. The Bertz CT molecular complexity index is 974. The molecule has 1 aliphatic rings. The summed E-state index contributed by atoms with van der Waals surface area (Å²) in [6.45, 7) is 6.40. The second-order valence-corrected chi connectivity index (χ2v) is 8.46. The molecular weight excluding hydrogens is 350 g/mol. The van der Waals surface area contributed by atoms with Crippen LogP contribution in [-0.4, -0.2) is 33.1 Å². The van der Waals surface area contributed by atoms with Crippen molar-refractivity contribution in [3.8, 4) is 0 Å². The third kappa shape index (κ3) is 3.26. The van der Waals surface area contributed by atoms with E-state index < -0.39 is 11.1 Å². The average Bonchev–Trinajstić information content (AvgIpc) is 3.15. The number of fused-ring (bicyclic) bond motifs is 1. The number of hydrogen-bond acceptors (Lipinski definition) is 3. The van der Waals surface area contributed by atoms with Gasteiger partial charge in [-0.05, 0) is 86.9 Å². The van der Waals surface area contributed by atoms with Gasteiger partial charge in [0.1, 0.15) is 5.60 Å². The summed E-state index contributed by atoms with van der Waals surface area (Å²) < 4.78 is 5.81. The van der Waals surface area contributed by atoms with Gasteiger partial charge in [-0.2, -0.15) is 0 Å². The summed E-state index contributed by atoms with van der Waals surface area (Å²) >= 11 is 0. The van der Waals surface area contributed by atoms with Crippen LogP contribution in [0.15, 0.2) is 55.0 Å². The van der Waals surface area contributed by atoms with Crippen molar-refractivity contribution in [1.82, 2.24) is 14.9 Å². The largest absolute Gasteiger partial charge is 0.444 e. The Morgan fingerprint density at radius 2 is 1.89 bits per heavy atom. The van der Waals surface area contributed by atoms with E-state index in [1.165, 1.54) is 0 Å². The standard InChI is InChI=1S/C23H27N3O2/c1-22(2,3)28-21(27)26-15-5-4-11-23(26,18-9-12-24-13-10-18)19-6-7-20-17(16-19)8-14-25-20/h6-10,12-14,16,25H,4-5,11,15H2,1-3H3. The normalized spacial score (nSPS) is 20.3. The molecule has 2 aromatic heterocycles. The second-order valence-electron chi connectivity index (χ2n) is 8.46. The number of carbonyl (C=O) groups is 1. The maximum Gasteiger partial charge on any atom is 0.411 e. The Balaban J connectivity index is 1.89. The van der Waals surface area contributed by atoms with Crippen molar-refractivity contribution < 1.29 is 9.53 Å². The molecule has 1 atom stereocenters. The number of likely N-dealkylation sites (tertiary alicyclic amines) is 1. The molecule has 1 aliphatic heterocycles. The Hall–Kier alpha value is -2.82. The number of nitrogens with one attached hydrogen (secondary N) is 1. The van der Waals surface area contributed by atoms with Gasteiger partial charge in [-0.3, -0.25) is 9.88 Å². The Kier molecular flexibility index (Phi) is 4.61. The first-order valence-corrected chi connectivity index (χ1v) is 9.89. The highest BCUT2D eigenvalue weighted by molar-refractivity contribution is 5.81. The van der Waals surface area contributed by atoms with Gasteiger partial charge in [0, 0.05) is 30.7 Å². The van der Waals surface area contributed by atoms with Crippen LogP contribution in [0.2, 0.25) is 0 Å². The monoisotopic (exact) mass is 377 g/mol. The maximum atomic E-state index is 13.3. The molecule has 0 aliphatic carbocycles. The molecule has 146 valence electrons. The lowest BCUT2D eigenvalue weighted by Crippen LogP contribution is -2.54. The number of pyridine rings is 1. The topological polar surface area (TPSA) is 58.2 Å². The number of piperidine rings is 1. The molecule has 1 saturated heterocycles. The van der Waals surface area contributed by atoms with Gasteiger partial charge in [0.2, 0.25) is 0 Å². The third-order valence-corrected chi connectivity index (χ3v) is 5.43. The quantitative estimate of drug-likeness (QED) is 0.665. The first-order chi connectivity index (χ1) is 13.4. The Morgan fingerprint density at radius 3 is 2.64 bits per heavy atom. The number of nitrogens with zero attached hydrogens (tertiary/aromatic N) is 2. The van der Waals surface area contributed by atoms with Gasteiger partial charge in [-0.1, -0.05) is 6.07 Å². The van der Waals surface area contributed by atoms with E-state index in [2.05, 4.69) is 34.2 Å². The highest BCUT2D eigenvalue weighted by atomic mass is 16.6. The molecule has 1 fully saturated rings. The average molecular weight is 377 g/mol. The van der Waals surface area contributed by atoms with Gasteiger partial charge < -0.3 is 9.72 Å². The van der Waals surface area contributed by atoms with Gasteiger partial charge in [0.15, 0.2) is 0 Å². The fraction of sp³-hybridized carbons (Fsp3) is 0.391.